The Morgan fingerprint density at radius 3 is 1.37 bits per heavy atom. The summed E-state index contributed by atoms with van der Waals surface area (Å²) in [5.74, 6) is -4.03. The zero-order chi connectivity index (χ0) is 39.5. The molecule has 0 bridgehead atoms. The van der Waals surface area contributed by atoms with E-state index in [1.807, 2.05) is 0 Å². The first-order valence-electron chi connectivity index (χ1n) is 14.4. The molecular weight excluding hydrogens is 752 g/mol. The van der Waals surface area contributed by atoms with Crippen LogP contribution in [0.3, 0.4) is 0 Å². The molecule has 0 aliphatic heterocycles. The van der Waals surface area contributed by atoms with Crippen LogP contribution in [0.5, 0.6) is 0 Å². The van der Waals surface area contributed by atoms with Crippen molar-refractivity contribution in [2.75, 3.05) is 10.6 Å². The Balaban J connectivity index is 0.000000280. The lowest BCUT2D eigenvalue weighted by Gasteiger charge is -2.23. The highest BCUT2D eigenvalue weighted by atomic mass is 32.2. The molecule has 2 aromatic carbocycles. The lowest BCUT2D eigenvalue weighted by atomic mass is 10.2. The van der Waals surface area contributed by atoms with Gasteiger partial charge in [0.2, 0.25) is 11.8 Å². The number of alkyl halides is 6. The summed E-state index contributed by atoms with van der Waals surface area (Å²) in [6, 6.07) is 12.3. The zero-order valence-corrected chi connectivity index (χ0v) is 28.9. The summed E-state index contributed by atoms with van der Waals surface area (Å²) >= 11 is 0. The topological polar surface area (TPSA) is 152 Å². The van der Waals surface area contributed by atoms with Gasteiger partial charge in [0.15, 0.2) is 19.7 Å². The van der Waals surface area contributed by atoms with Gasteiger partial charge in [0.1, 0.15) is 38.5 Å². The number of nitrogens with one attached hydrogen (secondary N) is 2. The number of nitrogens with zero attached hydrogens (tertiary/aromatic N) is 2. The lowest BCUT2D eigenvalue weighted by molar-refractivity contribution is -0.141. The highest BCUT2D eigenvalue weighted by Crippen LogP contribution is 2.32. The van der Waals surface area contributed by atoms with Crippen molar-refractivity contribution >= 4 is 43.1 Å². The van der Waals surface area contributed by atoms with Gasteiger partial charge >= 0.3 is 12.4 Å². The summed E-state index contributed by atoms with van der Waals surface area (Å²) in [6.07, 6.45) is -8.77. The predicted molar refractivity (Wildman–Crippen MR) is 171 cm³/mol. The SMILES string of the molecule is CC(C)(C(=O)Nc1ccc(C(F)(F)F)cn1)S(=O)(=O)c1ccc(F)cc1.CC(C)(C(=O)Nc1cccc(C(F)(F)F)n1)S(=O)(=O)c1ccc(F)cc1. The van der Waals surface area contributed by atoms with Crippen LogP contribution in [-0.4, -0.2) is 48.1 Å². The summed E-state index contributed by atoms with van der Waals surface area (Å²) in [6.45, 7) is 4.44. The minimum atomic E-state index is -4.71. The largest absolute Gasteiger partial charge is 0.433 e. The standard InChI is InChI=1S/2C16H14F4N2O3S/c1-15(2,26(24,25)12-6-4-11(17)5-7-12)14(23)22-13-8-3-10(9-21-13)16(18,19)20;1-15(2,26(24,25)11-8-6-10(17)7-9-11)14(23)22-13-5-3-4-12(21-13)16(18,19)20/h2*3-9H,1-2H3,(H,21,22,23). The summed E-state index contributed by atoms with van der Waals surface area (Å²) in [5.41, 5.74) is -2.23. The van der Waals surface area contributed by atoms with Crippen molar-refractivity contribution in [1.29, 1.82) is 0 Å². The molecule has 4 aromatic rings. The van der Waals surface area contributed by atoms with E-state index >= 15 is 0 Å². The first-order valence-corrected chi connectivity index (χ1v) is 17.4. The molecule has 0 fully saturated rings. The highest BCUT2D eigenvalue weighted by Gasteiger charge is 2.44. The van der Waals surface area contributed by atoms with Crippen molar-refractivity contribution in [2.45, 2.75) is 59.3 Å². The molecule has 2 amide bonds. The van der Waals surface area contributed by atoms with E-state index in [1.165, 1.54) is 0 Å². The summed E-state index contributed by atoms with van der Waals surface area (Å²) < 4.78 is 148. The van der Waals surface area contributed by atoms with E-state index in [0.717, 1.165) is 100 Å². The fourth-order valence-electron chi connectivity index (χ4n) is 3.89. The molecule has 0 unspecified atom stereocenters. The number of amides is 2. The average Bonchev–Trinajstić information content (AvgIpc) is 3.05. The molecule has 2 aromatic heterocycles. The quantitative estimate of drug-likeness (QED) is 0.145. The number of benzene rings is 2. The van der Waals surface area contributed by atoms with Gasteiger partial charge in [0, 0.05) is 6.20 Å². The van der Waals surface area contributed by atoms with Crippen molar-refractivity contribution in [2.24, 2.45) is 0 Å². The van der Waals surface area contributed by atoms with Crippen LogP contribution in [0, 0.1) is 11.6 Å². The predicted octanol–water partition coefficient (Wildman–Crippen LogP) is 6.86. The van der Waals surface area contributed by atoms with Crippen LogP contribution in [0.1, 0.15) is 39.0 Å². The van der Waals surface area contributed by atoms with Crippen LogP contribution in [0.2, 0.25) is 0 Å². The average molecular weight is 781 g/mol. The van der Waals surface area contributed by atoms with Crippen LogP contribution in [-0.2, 0) is 41.6 Å². The lowest BCUT2D eigenvalue weighted by Crippen LogP contribution is -2.44. The van der Waals surface area contributed by atoms with Gasteiger partial charge in [0.25, 0.3) is 0 Å². The van der Waals surface area contributed by atoms with Gasteiger partial charge in [-0.3, -0.25) is 9.59 Å². The van der Waals surface area contributed by atoms with E-state index in [4.69, 9.17) is 0 Å². The number of pyridine rings is 2. The molecule has 2 heterocycles. The van der Waals surface area contributed by atoms with Gasteiger partial charge in [-0.05, 0) is 100 Å². The maximum absolute atomic E-state index is 13.0. The third-order valence-corrected chi connectivity index (χ3v) is 12.1. The number of carbonyl (C=O) groups is 2. The van der Waals surface area contributed by atoms with E-state index in [-0.39, 0.29) is 15.6 Å². The normalized spacial score (nSPS) is 12.7. The Morgan fingerprint density at radius 2 is 1.00 bits per heavy atom. The maximum Gasteiger partial charge on any atom is 0.433 e. The fourth-order valence-corrected chi connectivity index (χ4v) is 6.65. The highest BCUT2D eigenvalue weighted by molar-refractivity contribution is 7.94. The van der Waals surface area contributed by atoms with Gasteiger partial charge < -0.3 is 10.6 Å². The molecule has 52 heavy (non-hydrogen) atoms. The number of anilines is 2. The van der Waals surface area contributed by atoms with Crippen molar-refractivity contribution in [3.63, 3.8) is 0 Å². The monoisotopic (exact) mass is 780 g/mol. The zero-order valence-electron chi connectivity index (χ0n) is 27.3. The minimum absolute atomic E-state index is 0.231. The molecule has 20 heteroatoms. The summed E-state index contributed by atoms with van der Waals surface area (Å²) in [7, 11) is -8.43. The van der Waals surface area contributed by atoms with E-state index < -0.39 is 82.0 Å². The number of halogens is 8. The molecule has 0 aliphatic rings. The van der Waals surface area contributed by atoms with Crippen LogP contribution in [0.25, 0.3) is 0 Å². The molecule has 0 aliphatic carbocycles. The maximum atomic E-state index is 13.0. The molecule has 280 valence electrons. The van der Waals surface area contributed by atoms with Crippen molar-refractivity contribution in [3.8, 4) is 0 Å². The van der Waals surface area contributed by atoms with E-state index in [9.17, 15) is 61.5 Å². The number of rotatable bonds is 8. The second kappa shape index (κ2) is 14.9. The Bertz CT molecular complexity index is 2140. The van der Waals surface area contributed by atoms with E-state index in [1.54, 1.807) is 0 Å². The number of sulfone groups is 2. The summed E-state index contributed by atoms with van der Waals surface area (Å²) in [4.78, 5) is 30.9. The van der Waals surface area contributed by atoms with Crippen LogP contribution in [0.15, 0.2) is 94.9 Å². The van der Waals surface area contributed by atoms with Crippen LogP contribution < -0.4 is 10.6 Å². The number of hydrogen-bond acceptors (Lipinski definition) is 8. The van der Waals surface area contributed by atoms with Crippen molar-refractivity contribution in [3.05, 3.63) is 108 Å². The fraction of sp³-hybridized carbons (Fsp3) is 0.250. The Kier molecular flexibility index (Phi) is 11.9. The second-order valence-electron chi connectivity index (χ2n) is 11.7. The molecule has 0 radical (unpaired) electrons. The molecule has 0 saturated heterocycles. The second-order valence-corrected chi connectivity index (χ2v) is 16.7. The molecule has 4 rings (SSSR count). The number of carbonyl (C=O) groups excluding carboxylic acids is 2. The smallest absolute Gasteiger partial charge is 0.309 e. The van der Waals surface area contributed by atoms with Crippen LogP contribution in [0.4, 0.5) is 46.8 Å². The first-order chi connectivity index (χ1) is 23.7. The van der Waals surface area contributed by atoms with Gasteiger partial charge in [-0.2, -0.15) is 26.3 Å². The first kappa shape index (κ1) is 41.4. The Hall–Kier alpha value is -4.98. The molecular formula is C32H28F8N4O6S2. The number of aromatic nitrogens is 2. The Morgan fingerprint density at radius 1 is 0.577 bits per heavy atom. The van der Waals surface area contributed by atoms with Crippen molar-refractivity contribution < 1.29 is 61.5 Å². The molecule has 0 spiro atoms. The molecule has 0 atom stereocenters. The third kappa shape index (κ3) is 9.27. The van der Waals surface area contributed by atoms with E-state index in [0.29, 0.717) is 12.3 Å². The van der Waals surface area contributed by atoms with Gasteiger partial charge in [-0.25, -0.2) is 35.6 Å². The third-order valence-electron chi connectivity index (χ3n) is 7.30. The minimum Gasteiger partial charge on any atom is -0.309 e. The van der Waals surface area contributed by atoms with Gasteiger partial charge in [-0.15, -0.1) is 0 Å². The Labute approximate surface area is 292 Å². The van der Waals surface area contributed by atoms with Gasteiger partial charge in [-0.1, -0.05) is 6.07 Å². The number of hydrogen-bond donors (Lipinski definition) is 2. The van der Waals surface area contributed by atoms with Crippen molar-refractivity contribution in [1.82, 2.24) is 9.97 Å². The molecule has 2 N–H and O–H groups in total. The summed E-state index contributed by atoms with van der Waals surface area (Å²) in [5, 5.41) is 4.26. The molecule has 10 nitrogen and oxygen atoms in total. The van der Waals surface area contributed by atoms with Gasteiger partial charge in [0.05, 0.1) is 15.4 Å². The van der Waals surface area contributed by atoms with Crippen LogP contribution >= 0.6 is 0 Å². The molecule has 0 saturated carbocycles. The van der Waals surface area contributed by atoms with E-state index in [2.05, 4.69) is 20.6 Å².